The molecule has 0 aliphatic carbocycles. The average Bonchev–Trinajstić information content (AvgIpc) is 3.18. The van der Waals surface area contributed by atoms with Crippen molar-refractivity contribution in [3.63, 3.8) is 0 Å². The van der Waals surface area contributed by atoms with Crippen molar-refractivity contribution < 1.29 is 5.11 Å². The van der Waals surface area contributed by atoms with E-state index in [1.165, 1.54) is 30.5 Å². The van der Waals surface area contributed by atoms with Gasteiger partial charge < -0.3 is 15.3 Å². The van der Waals surface area contributed by atoms with Gasteiger partial charge in [-0.3, -0.25) is 0 Å². The number of anilines is 1. The smallest absolute Gasteiger partial charge is 0.127 e. The monoisotopic (exact) mass is 429 g/mol. The second-order valence-electron chi connectivity index (χ2n) is 9.99. The van der Waals surface area contributed by atoms with Gasteiger partial charge in [-0.25, -0.2) is 4.98 Å². The maximum absolute atomic E-state index is 9.69. The van der Waals surface area contributed by atoms with E-state index in [0.717, 1.165) is 35.6 Å². The molecule has 1 fully saturated rings. The van der Waals surface area contributed by atoms with E-state index >= 15 is 0 Å². The van der Waals surface area contributed by atoms with Crippen molar-refractivity contribution in [2.45, 2.75) is 51.5 Å². The van der Waals surface area contributed by atoms with E-state index in [1.54, 1.807) is 12.1 Å². The summed E-state index contributed by atoms with van der Waals surface area (Å²) in [5, 5.41) is 13.3. The molecule has 3 aromatic rings. The zero-order chi connectivity index (χ0) is 22.7. The third kappa shape index (κ3) is 5.31. The molecule has 1 atom stereocenters. The topological polar surface area (TPSA) is 48.4 Å². The second-order valence-corrected chi connectivity index (χ2v) is 9.99. The molecule has 168 valence electrons. The van der Waals surface area contributed by atoms with Crippen LogP contribution in [0, 0.1) is 0 Å². The highest BCUT2D eigenvalue weighted by Crippen LogP contribution is 2.31. The van der Waals surface area contributed by atoms with Crippen LogP contribution < -0.4 is 5.32 Å². The Hall–Kier alpha value is -2.85. The summed E-state index contributed by atoms with van der Waals surface area (Å²) in [6, 6.07) is 21.0. The van der Waals surface area contributed by atoms with Crippen LogP contribution in [0.3, 0.4) is 0 Å². The van der Waals surface area contributed by atoms with E-state index in [9.17, 15) is 5.11 Å². The van der Waals surface area contributed by atoms with Crippen LogP contribution in [0.1, 0.15) is 45.6 Å². The highest BCUT2D eigenvalue weighted by Gasteiger charge is 2.20. The molecule has 1 aromatic heterocycles. The SMILES string of the molecule is CN1CCCC1CCNc1cc(-c2ccc(C(C)(C)C)cc2)cc(-c2ccc(O)cc2)n1. The van der Waals surface area contributed by atoms with E-state index in [1.807, 2.05) is 12.1 Å². The van der Waals surface area contributed by atoms with Crippen molar-refractivity contribution >= 4 is 5.82 Å². The summed E-state index contributed by atoms with van der Waals surface area (Å²) >= 11 is 0. The first-order chi connectivity index (χ1) is 15.3. The van der Waals surface area contributed by atoms with Crippen LogP contribution in [0.2, 0.25) is 0 Å². The zero-order valence-electron chi connectivity index (χ0n) is 19.7. The number of aromatic hydroxyl groups is 1. The van der Waals surface area contributed by atoms with Gasteiger partial charge in [0.15, 0.2) is 0 Å². The predicted molar refractivity (Wildman–Crippen MR) is 134 cm³/mol. The van der Waals surface area contributed by atoms with Gasteiger partial charge >= 0.3 is 0 Å². The van der Waals surface area contributed by atoms with Crippen LogP contribution >= 0.6 is 0 Å². The lowest BCUT2D eigenvalue weighted by Gasteiger charge is -2.20. The molecule has 1 saturated heterocycles. The number of benzene rings is 2. The minimum Gasteiger partial charge on any atom is -0.508 e. The van der Waals surface area contributed by atoms with Crippen LogP contribution in [0.25, 0.3) is 22.4 Å². The Bertz CT molecular complexity index is 1040. The van der Waals surface area contributed by atoms with Gasteiger partial charge in [-0.15, -0.1) is 0 Å². The van der Waals surface area contributed by atoms with E-state index in [-0.39, 0.29) is 11.2 Å². The highest BCUT2D eigenvalue weighted by atomic mass is 16.3. The Morgan fingerprint density at radius 1 is 0.969 bits per heavy atom. The summed E-state index contributed by atoms with van der Waals surface area (Å²) in [5.41, 5.74) is 5.68. The summed E-state index contributed by atoms with van der Waals surface area (Å²) in [6.07, 6.45) is 3.70. The molecule has 1 aliphatic rings. The van der Waals surface area contributed by atoms with E-state index in [0.29, 0.717) is 6.04 Å². The van der Waals surface area contributed by atoms with Crippen molar-refractivity contribution in [1.29, 1.82) is 0 Å². The van der Waals surface area contributed by atoms with Crippen molar-refractivity contribution in [1.82, 2.24) is 9.88 Å². The standard InChI is InChI=1S/C28H35N3O/c1-28(2,3)23-11-7-20(8-12-23)22-18-26(21-9-13-25(32)14-10-21)30-27(19-22)29-16-15-24-6-5-17-31(24)4/h7-14,18-19,24,32H,5-6,15-17H2,1-4H3,(H,29,30). The van der Waals surface area contributed by atoms with Crippen LogP contribution in [0.15, 0.2) is 60.7 Å². The van der Waals surface area contributed by atoms with Gasteiger partial charge in [0.05, 0.1) is 5.69 Å². The van der Waals surface area contributed by atoms with E-state index in [4.69, 9.17) is 4.98 Å². The van der Waals surface area contributed by atoms with Gasteiger partial charge in [-0.2, -0.15) is 0 Å². The molecule has 32 heavy (non-hydrogen) atoms. The minimum absolute atomic E-state index is 0.133. The first-order valence-corrected chi connectivity index (χ1v) is 11.7. The first kappa shape index (κ1) is 22.3. The predicted octanol–water partition coefficient (Wildman–Crippen LogP) is 6.31. The molecular weight excluding hydrogens is 394 g/mol. The maximum atomic E-state index is 9.69. The van der Waals surface area contributed by atoms with E-state index < -0.39 is 0 Å². The molecule has 2 heterocycles. The number of rotatable bonds is 6. The molecule has 2 N–H and O–H groups in total. The number of hydrogen-bond donors (Lipinski definition) is 2. The summed E-state index contributed by atoms with van der Waals surface area (Å²) in [4.78, 5) is 7.35. The Morgan fingerprint density at radius 2 is 1.66 bits per heavy atom. The average molecular weight is 430 g/mol. The van der Waals surface area contributed by atoms with Crippen LogP contribution in [0.4, 0.5) is 5.82 Å². The van der Waals surface area contributed by atoms with Gasteiger partial charge in [0, 0.05) is 18.2 Å². The molecule has 1 unspecified atom stereocenters. The van der Waals surface area contributed by atoms with Crippen LogP contribution in [0.5, 0.6) is 5.75 Å². The summed E-state index contributed by atoms with van der Waals surface area (Å²) < 4.78 is 0. The van der Waals surface area contributed by atoms with Gasteiger partial charge in [-0.05, 0) is 91.4 Å². The number of aromatic nitrogens is 1. The number of nitrogens with zero attached hydrogens (tertiary/aromatic N) is 2. The number of hydrogen-bond acceptors (Lipinski definition) is 4. The molecular formula is C28H35N3O. The fourth-order valence-corrected chi connectivity index (χ4v) is 4.44. The molecule has 4 heteroatoms. The number of pyridine rings is 1. The normalized spacial score (nSPS) is 16.9. The van der Waals surface area contributed by atoms with Gasteiger partial charge in [-0.1, -0.05) is 45.0 Å². The van der Waals surface area contributed by atoms with Crippen molar-refractivity contribution in [2.24, 2.45) is 0 Å². The lowest BCUT2D eigenvalue weighted by atomic mass is 9.86. The molecule has 4 rings (SSSR count). The third-order valence-corrected chi connectivity index (χ3v) is 6.53. The van der Waals surface area contributed by atoms with Crippen molar-refractivity contribution in [3.8, 4) is 28.1 Å². The lowest BCUT2D eigenvalue weighted by Crippen LogP contribution is -2.27. The number of likely N-dealkylation sites (tertiary alicyclic amines) is 1. The summed E-state index contributed by atoms with van der Waals surface area (Å²) in [7, 11) is 2.22. The fourth-order valence-electron chi connectivity index (χ4n) is 4.44. The number of phenolic OH excluding ortho intramolecular Hbond substituents is 1. The maximum Gasteiger partial charge on any atom is 0.127 e. The number of nitrogens with one attached hydrogen (secondary N) is 1. The summed E-state index contributed by atoms with van der Waals surface area (Å²) in [5.74, 6) is 1.16. The molecule has 1 aliphatic heterocycles. The van der Waals surface area contributed by atoms with Crippen molar-refractivity contribution in [3.05, 3.63) is 66.2 Å². The summed E-state index contributed by atoms with van der Waals surface area (Å²) in [6.45, 7) is 8.82. The molecule has 0 spiro atoms. The molecule has 4 nitrogen and oxygen atoms in total. The van der Waals surface area contributed by atoms with Crippen LogP contribution in [-0.4, -0.2) is 41.2 Å². The lowest BCUT2D eigenvalue weighted by molar-refractivity contribution is 0.301. The number of phenols is 1. The second kappa shape index (κ2) is 9.33. The van der Waals surface area contributed by atoms with Gasteiger partial charge in [0.1, 0.15) is 11.6 Å². The molecule has 0 radical (unpaired) electrons. The third-order valence-electron chi connectivity index (χ3n) is 6.53. The Kier molecular flexibility index (Phi) is 6.52. The highest BCUT2D eigenvalue weighted by molar-refractivity contribution is 5.74. The minimum atomic E-state index is 0.133. The first-order valence-electron chi connectivity index (χ1n) is 11.7. The van der Waals surface area contributed by atoms with E-state index in [2.05, 4.69) is 74.4 Å². The Morgan fingerprint density at radius 3 is 2.28 bits per heavy atom. The Balaban J connectivity index is 1.61. The largest absolute Gasteiger partial charge is 0.508 e. The van der Waals surface area contributed by atoms with Gasteiger partial charge in [0.25, 0.3) is 0 Å². The molecule has 0 bridgehead atoms. The fraction of sp³-hybridized carbons (Fsp3) is 0.393. The van der Waals surface area contributed by atoms with Crippen LogP contribution in [-0.2, 0) is 5.41 Å². The molecule has 0 amide bonds. The molecule has 0 saturated carbocycles. The quantitative estimate of drug-likeness (QED) is 0.482. The van der Waals surface area contributed by atoms with Gasteiger partial charge in [0.2, 0.25) is 0 Å². The van der Waals surface area contributed by atoms with Crippen molar-refractivity contribution in [2.75, 3.05) is 25.5 Å². The molecule has 2 aromatic carbocycles. The zero-order valence-corrected chi connectivity index (χ0v) is 19.7. The Labute approximate surface area is 192 Å².